The van der Waals surface area contributed by atoms with Gasteiger partial charge in [-0.15, -0.1) is 0 Å². The van der Waals surface area contributed by atoms with Gasteiger partial charge in [0.25, 0.3) is 0 Å². The van der Waals surface area contributed by atoms with Gasteiger partial charge < -0.3 is 5.73 Å². The van der Waals surface area contributed by atoms with E-state index in [1.807, 2.05) is 18.5 Å². The minimum Gasteiger partial charge on any atom is -0.326 e. The van der Waals surface area contributed by atoms with Crippen molar-refractivity contribution in [2.24, 2.45) is 5.73 Å². The lowest BCUT2D eigenvalue weighted by Gasteiger charge is -2.35. The van der Waals surface area contributed by atoms with Gasteiger partial charge >= 0.3 is 0 Å². The van der Waals surface area contributed by atoms with Crippen LogP contribution in [0.3, 0.4) is 0 Å². The molecule has 1 aromatic rings. The van der Waals surface area contributed by atoms with E-state index in [1.165, 1.54) is 24.8 Å². The molecule has 3 nitrogen and oxygen atoms in total. The fourth-order valence-corrected chi connectivity index (χ4v) is 2.67. The Labute approximate surface area is 110 Å². The van der Waals surface area contributed by atoms with E-state index >= 15 is 0 Å². The first-order chi connectivity index (χ1) is 8.77. The molecule has 0 saturated heterocycles. The zero-order chi connectivity index (χ0) is 13.0. The molecule has 0 radical (unpaired) electrons. The molecule has 1 aromatic heterocycles. The molecule has 1 fully saturated rings. The summed E-state index contributed by atoms with van der Waals surface area (Å²) in [6, 6.07) is 5.45. The summed E-state index contributed by atoms with van der Waals surface area (Å²) < 4.78 is 0. The fourth-order valence-electron chi connectivity index (χ4n) is 2.67. The third-order valence-corrected chi connectivity index (χ3v) is 3.76. The second-order valence-corrected chi connectivity index (χ2v) is 5.27. The third kappa shape index (κ3) is 3.09. The minimum absolute atomic E-state index is 0.196. The van der Waals surface area contributed by atoms with Crippen LogP contribution in [0.1, 0.15) is 51.1 Å². The number of aromatic nitrogens is 1. The average Bonchev–Trinajstić information content (AvgIpc) is 3.23. The number of nitrogens with zero attached hydrogens (tertiary/aromatic N) is 2. The predicted molar refractivity (Wildman–Crippen MR) is 75.3 cm³/mol. The Morgan fingerprint density at radius 1 is 1.44 bits per heavy atom. The Kier molecular flexibility index (Phi) is 4.72. The number of rotatable bonds is 7. The van der Waals surface area contributed by atoms with Crippen molar-refractivity contribution in [3.05, 3.63) is 30.1 Å². The van der Waals surface area contributed by atoms with E-state index in [4.69, 9.17) is 5.73 Å². The van der Waals surface area contributed by atoms with Crippen LogP contribution in [-0.2, 0) is 0 Å². The molecule has 2 rings (SSSR count). The van der Waals surface area contributed by atoms with E-state index in [0.29, 0.717) is 6.04 Å². The maximum absolute atomic E-state index is 6.38. The van der Waals surface area contributed by atoms with Crippen LogP contribution < -0.4 is 5.73 Å². The molecule has 1 aliphatic rings. The first-order valence-corrected chi connectivity index (χ1v) is 7.19. The van der Waals surface area contributed by atoms with Gasteiger partial charge in [-0.3, -0.25) is 9.88 Å². The number of hydrogen-bond acceptors (Lipinski definition) is 3. The summed E-state index contributed by atoms with van der Waals surface area (Å²) in [4.78, 5) is 6.86. The Bertz CT molecular complexity index is 348. The summed E-state index contributed by atoms with van der Waals surface area (Å²) in [6.07, 6.45) is 8.65. The van der Waals surface area contributed by atoms with E-state index in [0.717, 1.165) is 19.0 Å². The van der Waals surface area contributed by atoms with Crippen LogP contribution in [0.15, 0.2) is 24.5 Å². The molecule has 3 heteroatoms. The zero-order valence-electron chi connectivity index (χ0n) is 11.5. The highest BCUT2D eigenvalue weighted by Gasteiger charge is 2.36. The molecule has 2 N–H and O–H groups in total. The molecule has 2 unspecified atom stereocenters. The Morgan fingerprint density at radius 2 is 2.22 bits per heavy atom. The quantitative estimate of drug-likeness (QED) is 0.805. The highest BCUT2D eigenvalue weighted by molar-refractivity contribution is 5.17. The van der Waals surface area contributed by atoms with Crippen molar-refractivity contribution in [3.8, 4) is 0 Å². The van der Waals surface area contributed by atoms with Crippen molar-refractivity contribution in [1.82, 2.24) is 9.88 Å². The van der Waals surface area contributed by atoms with Crippen LogP contribution in [0.4, 0.5) is 0 Å². The molecular weight excluding hydrogens is 222 g/mol. The molecule has 100 valence electrons. The van der Waals surface area contributed by atoms with Crippen LogP contribution in [0.25, 0.3) is 0 Å². The molecule has 1 aliphatic carbocycles. The van der Waals surface area contributed by atoms with Crippen LogP contribution in [0.2, 0.25) is 0 Å². The van der Waals surface area contributed by atoms with Crippen molar-refractivity contribution in [1.29, 1.82) is 0 Å². The number of hydrogen-bond donors (Lipinski definition) is 1. The van der Waals surface area contributed by atoms with Crippen LogP contribution in [-0.4, -0.2) is 28.5 Å². The molecule has 0 aromatic carbocycles. The van der Waals surface area contributed by atoms with Gasteiger partial charge in [-0.1, -0.05) is 19.9 Å². The summed E-state index contributed by atoms with van der Waals surface area (Å²) in [5.74, 6) is 0. The Hall–Kier alpha value is -0.930. The second kappa shape index (κ2) is 6.30. The number of nitrogens with two attached hydrogens (primary N) is 1. The van der Waals surface area contributed by atoms with Gasteiger partial charge in [0, 0.05) is 24.5 Å². The lowest BCUT2D eigenvalue weighted by atomic mass is 9.97. The van der Waals surface area contributed by atoms with E-state index in [-0.39, 0.29) is 6.04 Å². The van der Waals surface area contributed by atoms with Crippen LogP contribution >= 0.6 is 0 Å². The largest absolute Gasteiger partial charge is 0.326 e. The fraction of sp³-hybridized carbons (Fsp3) is 0.667. The minimum atomic E-state index is 0.196. The van der Waals surface area contributed by atoms with Gasteiger partial charge in [-0.05, 0) is 43.9 Å². The Balaban J connectivity index is 2.23. The van der Waals surface area contributed by atoms with Gasteiger partial charge in [0.1, 0.15) is 0 Å². The van der Waals surface area contributed by atoms with Crippen molar-refractivity contribution in [2.45, 2.75) is 57.7 Å². The lowest BCUT2D eigenvalue weighted by Crippen LogP contribution is -2.42. The topological polar surface area (TPSA) is 42.2 Å². The third-order valence-electron chi connectivity index (χ3n) is 3.76. The highest BCUT2D eigenvalue weighted by atomic mass is 15.2. The second-order valence-electron chi connectivity index (χ2n) is 5.27. The molecule has 1 heterocycles. The zero-order valence-corrected chi connectivity index (χ0v) is 11.5. The van der Waals surface area contributed by atoms with Gasteiger partial charge in [0.05, 0.1) is 6.04 Å². The summed E-state index contributed by atoms with van der Waals surface area (Å²) in [5.41, 5.74) is 7.65. The average molecular weight is 247 g/mol. The maximum Gasteiger partial charge on any atom is 0.0517 e. The highest BCUT2D eigenvalue weighted by Crippen LogP contribution is 2.36. The SMILES string of the molecule is CCCN(C1CC1)C(c1cccnc1)C(N)CC. The van der Waals surface area contributed by atoms with E-state index in [2.05, 4.69) is 29.8 Å². The van der Waals surface area contributed by atoms with E-state index < -0.39 is 0 Å². The first-order valence-electron chi connectivity index (χ1n) is 7.19. The monoisotopic (exact) mass is 247 g/mol. The van der Waals surface area contributed by atoms with Crippen LogP contribution in [0.5, 0.6) is 0 Å². The summed E-state index contributed by atoms with van der Waals surface area (Å²) >= 11 is 0. The van der Waals surface area contributed by atoms with E-state index in [1.54, 1.807) is 0 Å². The molecule has 18 heavy (non-hydrogen) atoms. The summed E-state index contributed by atoms with van der Waals surface area (Å²) in [7, 11) is 0. The molecule has 2 atom stereocenters. The van der Waals surface area contributed by atoms with Crippen LogP contribution in [0, 0.1) is 0 Å². The van der Waals surface area contributed by atoms with Crippen molar-refractivity contribution in [2.75, 3.05) is 6.54 Å². The first kappa shape index (κ1) is 13.5. The number of pyridine rings is 1. The predicted octanol–water partition coefficient (Wildman–Crippen LogP) is 2.73. The van der Waals surface area contributed by atoms with Gasteiger partial charge in [-0.2, -0.15) is 0 Å². The molecule has 0 spiro atoms. The molecule has 0 amide bonds. The maximum atomic E-state index is 6.38. The van der Waals surface area contributed by atoms with Gasteiger partial charge in [0.15, 0.2) is 0 Å². The molecule has 0 aliphatic heterocycles. The Morgan fingerprint density at radius 3 is 2.72 bits per heavy atom. The van der Waals surface area contributed by atoms with Gasteiger partial charge in [-0.25, -0.2) is 0 Å². The van der Waals surface area contributed by atoms with E-state index in [9.17, 15) is 0 Å². The summed E-state index contributed by atoms with van der Waals surface area (Å²) in [5, 5.41) is 0. The molecular formula is C15H25N3. The van der Waals surface area contributed by atoms with Crippen molar-refractivity contribution in [3.63, 3.8) is 0 Å². The summed E-state index contributed by atoms with van der Waals surface area (Å²) in [6.45, 7) is 5.55. The molecule has 1 saturated carbocycles. The standard InChI is InChI=1S/C15H25N3/c1-3-10-18(13-7-8-13)15(14(16)4-2)12-6-5-9-17-11-12/h5-6,9,11,13-15H,3-4,7-8,10,16H2,1-2H3. The van der Waals surface area contributed by atoms with Gasteiger partial charge in [0.2, 0.25) is 0 Å². The van der Waals surface area contributed by atoms with Crippen molar-refractivity contribution >= 4 is 0 Å². The lowest BCUT2D eigenvalue weighted by molar-refractivity contribution is 0.159. The molecule has 0 bridgehead atoms. The normalized spacial score (nSPS) is 18.9. The smallest absolute Gasteiger partial charge is 0.0517 e. The van der Waals surface area contributed by atoms with Crippen molar-refractivity contribution < 1.29 is 0 Å².